The lowest BCUT2D eigenvalue weighted by Crippen LogP contribution is -2.43. The molecule has 2 unspecified atom stereocenters. The summed E-state index contributed by atoms with van der Waals surface area (Å²) < 4.78 is 23.0. The van der Waals surface area contributed by atoms with Crippen LogP contribution in [-0.4, -0.2) is 31.1 Å². The first kappa shape index (κ1) is 10.4. The molecule has 1 saturated carbocycles. The topological polar surface area (TPSA) is 54.4 Å². The van der Waals surface area contributed by atoms with E-state index in [1.165, 1.54) is 12.8 Å². The van der Waals surface area contributed by atoms with Gasteiger partial charge < -0.3 is 5.11 Å². The predicted octanol–water partition coefficient (Wildman–Crippen LogP) is 0.972. The Hall–Kier alpha value is -0.0900. The van der Waals surface area contributed by atoms with E-state index in [0.717, 1.165) is 19.3 Å². The molecule has 2 fully saturated rings. The molecular weight excluding hydrogens is 200 g/mol. The van der Waals surface area contributed by atoms with E-state index >= 15 is 0 Å². The van der Waals surface area contributed by atoms with Crippen molar-refractivity contribution in [1.29, 1.82) is 0 Å². The van der Waals surface area contributed by atoms with Crippen molar-refractivity contribution in [3.63, 3.8) is 0 Å². The van der Waals surface area contributed by atoms with E-state index in [1.807, 2.05) is 0 Å². The molecule has 0 spiro atoms. The Morgan fingerprint density at radius 1 is 1.29 bits per heavy atom. The number of aliphatic hydroxyl groups excluding tert-OH is 1. The van der Waals surface area contributed by atoms with E-state index in [2.05, 4.69) is 0 Å². The largest absolute Gasteiger partial charge is 0.396 e. The molecule has 1 N–H and O–H groups in total. The summed E-state index contributed by atoms with van der Waals surface area (Å²) in [5.41, 5.74) is 0. The van der Waals surface area contributed by atoms with E-state index in [-0.39, 0.29) is 11.9 Å². The molecule has 1 heterocycles. The highest BCUT2D eigenvalue weighted by molar-refractivity contribution is 7.93. The fraction of sp³-hybridized carbons (Fsp3) is 1.00. The number of aliphatic hydroxyl groups is 1. The van der Waals surface area contributed by atoms with Crippen molar-refractivity contribution in [3.05, 3.63) is 0 Å². The molecule has 1 aliphatic heterocycles. The Morgan fingerprint density at radius 2 is 2.00 bits per heavy atom. The van der Waals surface area contributed by atoms with Gasteiger partial charge in [-0.25, -0.2) is 8.42 Å². The van der Waals surface area contributed by atoms with E-state index in [4.69, 9.17) is 5.11 Å². The summed E-state index contributed by atoms with van der Waals surface area (Å²) in [6.07, 6.45) is 4.90. The zero-order valence-corrected chi connectivity index (χ0v) is 9.17. The summed E-state index contributed by atoms with van der Waals surface area (Å²) in [5, 5.41) is 8.70. The molecule has 0 bridgehead atoms. The van der Waals surface area contributed by atoms with Crippen LogP contribution < -0.4 is 0 Å². The van der Waals surface area contributed by atoms with E-state index in [1.54, 1.807) is 0 Å². The quantitative estimate of drug-likeness (QED) is 0.748. The molecule has 14 heavy (non-hydrogen) atoms. The number of sulfone groups is 1. The monoisotopic (exact) mass is 218 g/mol. The number of hydrogen-bond donors (Lipinski definition) is 1. The van der Waals surface area contributed by atoms with Crippen LogP contribution in [0.3, 0.4) is 0 Å². The van der Waals surface area contributed by atoms with Crippen molar-refractivity contribution in [2.24, 2.45) is 11.8 Å². The third-order valence-corrected chi connectivity index (χ3v) is 5.86. The van der Waals surface area contributed by atoms with Gasteiger partial charge in [0.1, 0.15) is 0 Å². The average molecular weight is 218 g/mol. The molecule has 82 valence electrons. The lowest BCUT2D eigenvalue weighted by atomic mass is 9.92. The van der Waals surface area contributed by atoms with Crippen molar-refractivity contribution in [2.75, 3.05) is 12.4 Å². The first-order valence-electron chi connectivity index (χ1n) is 5.47. The predicted molar refractivity (Wildman–Crippen MR) is 54.7 cm³/mol. The highest BCUT2D eigenvalue weighted by Gasteiger charge is 2.46. The van der Waals surface area contributed by atoms with Gasteiger partial charge in [-0.15, -0.1) is 0 Å². The van der Waals surface area contributed by atoms with Gasteiger partial charge in [-0.2, -0.15) is 0 Å². The Balaban J connectivity index is 1.96. The van der Waals surface area contributed by atoms with Gasteiger partial charge in [0.25, 0.3) is 0 Å². The maximum Gasteiger partial charge on any atom is 0.153 e. The van der Waals surface area contributed by atoms with Crippen LogP contribution in [0, 0.1) is 11.8 Å². The maximum absolute atomic E-state index is 11.5. The van der Waals surface area contributed by atoms with Crippen molar-refractivity contribution >= 4 is 9.84 Å². The van der Waals surface area contributed by atoms with Gasteiger partial charge >= 0.3 is 0 Å². The van der Waals surface area contributed by atoms with Gasteiger partial charge in [0, 0.05) is 6.61 Å². The second kappa shape index (κ2) is 3.81. The fourth-order valence-electron chi connectivity index (χ4n) is 2.50. The van der Waals surface area contributed by atoms with Gasteiger partial charge in [0.2, 0.25) is 0 Å². The zero-order chi connectivity index (χ0) is 10.2. The second-order valence-electron chi connectivity index (χ2n) is 4.56. The minimum atomic E-state index is -2.74. The van der Waals surface area contributed by atoms with E-state index < -0.39 is 9.84 Å². The van der Waals surface area contributed by atoms with Crippen LogP contribution in [-0.2, 0) is 9.84 Å². The van der Waals surface area contributed by atoms with Gasteiger partial charge in [-0.3, -0.25) is 0 Å². The van der Waals surface area contributed by atoms with E-state index in [9.17, 15) is 8.42 Å². The van der Waals surface area contributed by atoms with Crippen LogP contribution in [0.5, 0.6) is 0 Å². The summed E-state index contributed by atoms with van der Waals surface area (Å²) in [7, 11) is -2.74. The van der Waals surface area contributed by atoms with Crippen molar-refractivity contribution in [3.8, 4) is 0 Å². The zero-order valence-electron chi connectivity index (χ0n) is 8.35. The molecule has 3 nitrogen and oxygen atoms in total. The Kier molecular flexibility index (Phi) is 2.84. The highest BCUT2D eigenvalue weighted by atomic mass is 32.2. The Labute approximate surface area is 85.4 Å². The molecule has 0 aromatic heterocycles. The van der Waals surface area contributed by atoms with Crippen LogP contribution in [0.2, 0.25) is 0 Å². The lowest BCUT2D eigenvalue weighted by Gasteiger charge is -2.33. The SMILES string of the molecule is O=S1(=O)CCC1C(CCCO)C1CC1. The summed E-state index contributed by atoms with van der Waals surface area (Å²) in [6, 6.07) is 0. The van der Waals surface area contributed by atoms with Crippen molar-refractivity contribution in [1.82, 2.24) is 0 Å². The van der Waals surface area contributed by atoms with Gasteiger partial charge in [-0.1, -0.05) is 0 Å². The summed E-state index contributed by atoms with van der Waals surface area (Å²) >= 11 is 0. The minimum Gasteiger partial charge on any atom is -0.396 e. The summed E-state index contributed by atoms with van der Waals surface area (Å²) in [6.45, 7) is 0.190. The number of hydrogen-bond acceptors (Lipinski definition) is 3. The molecule has 0 aromatic rings. The van der Waals surface area contributed by atoms with Crippen molar-refractivity contribution in [2.45, 2.75) is 37.4 Å². The highest BCUT2D eigenvalue weighted by Crippen LogP contribution is 2.46. The number of rotatable bonds is 5. The normalized spacial score (nSPS) is 32.2. The molecule has 4 heteroatoms. The molecule has 2 atom stereocenters. The average Bonchev–Trinajstić information content (AvgIpc) is 2.93. The molecule has 0 radical (unpaired) electrons. The Bertz CT molecular complexity index is 292. The van der Waals surface area contributed by atoms with Crippen LogP contribution in [0.15, 0.2) is 0 Å². The minimum absolute atomic E-state index is 0.0680. The van der Waals surface area contributed by atoms with Crippen LogP contribution in [0.25, 0.3) is 0 Å². The summed E-state index contributed by atoms with van der Waals surface area (Å²) in [5.74, 6) is 1.38. The van der Waals surface area contributed by atoms with Crippen LogP contribution >= 0.6 is 0 Å². The van der Waals surface area contributed by atoms with Gasteiger partial charge in [0.15, 0.2) is 9.84 Å². The van der Waals surface area contributed by atoms with E-state index in [0.29, 0.717) is 17.6 Å². The molecular formula is C10H18O3S. The molecule has 1 aliphatic carbocycles. The molecule has 2 aliphatic rings. The second-order valence-corrected chi connectivity index (χ2v) is 6.90. The molecule has 2 rings (SSSR count). The molecule has 0 aromatic carbocycles. The van der Waals surface area contributed by atoms with Crippen molar-refractivity contribution < 1.29 is 13.5 Å². The fourth-order valence-corrected chi connectivity index (χ4v) is 4.29. The summed E-state index contributed by atoms with van der Waals surface area (Å²) in [4.78, 5) is 0. The third kappa shape index (κ3) is 1.96. The van der Waals surface area contributed by atoms with Crippen LogP contribution in [0.4, 0.5) is 0 Å². The van der Waals surface area contributed by atoms with Crippen LogP contribution in [0.1, 0.15) is 32.1 Å². The van der Waals surface area contributed by atoms with Gasteiger partial charge in [-0.05, 0) is 43.9 Å². The smallest absolute Gasteiger partial charge is 0.153 e. The Morgan fingerprint density at radius 3 is 2.36 bits per heavy atom. The molecule has 0 amide bonds. The maximum atomic E-state index is 11.5. The first-order valence-corrected chi connectivity index (χ1v) is 7.19. The first-order chi connectivity index (χ1) is 6.65. The third-order valence-electron chi connectivity index (χ3n) is 3.55. The molecule has 1 saturated heterocycles. The van der Waals surface area contributed by atoms with Gasteiger partial charge in [0.05, 0.1) is 11.0 Å². The standard InChI is InChI=1S/C10H18O3S/c11-6-1-2-9(8-3-4-8)10-5-7-14(10,12)13/h8-11H,1-7H2. The lowest BCUT2D eigenvalue weighted by molar-refractivity contribution is 0.259.